The van der Waals surface area contributed by atoms with E-state index in [0.717, 1.165) is 25.7 Å². The topological polar surface area (TPSA) is 70.2 Å². The summed E-state index contributed by atoms with van der Waals surface area (Å²) < 4.78 is 46.9. The van der Waals surface area contributed by atoms with E-state index in [2.05, 4.69) is 0 Å². The average molecular weight is 476 g/mol. The summed E-state index contributed by atoms with van der Waals surface area (Å²) >= 11 is 0. The molecule has 0 atom stereocenters. The van der Waals surface area contributed by atoms with Gasteiger partial charge in [0.15, 0.2) is 6.61 Å². The maximum atomic E-state index is 14.0. The number of hydrogen-bond donors (Lipinski definition) is 0. The van der Waals surface area contributed by atoms with Gasteiger partial charge in [-0.1, -0.05) is 25.0 Å². The van der Waals surface area contributed by atoms with Crippen molar-refractivity contribution in [3.63, 3.8) is 0 Å². The van der Waals surface area contributed by atoms with Crippen molar-refractivity contribution in [2.24, 2.45) is 0 Å². The highest BCUT2D eigenvalue weighted by Crippen LogP contribution is 2.23. The molecule has 2 fully saturated rings. The highest BCUT2D eigenvalue weighted by molar-refractivity contribution is 7.89. The normalized spacial score (nSPS) is 18.1. The molecule has 178 valence electrons. The minimum absolute atomic E-state index is 0.127. The van der Waals surface area contributed by atoms with E-state index in [4.69, 9.17) is 4.74 Å². The van der Waals surface area contributed by atoms with Crippen molar-refractivity contribution in [3.05, 3.63) is 54.3 Å². The zero-order chi connectivity index (χ0) is 23.3. The zero-order valence-electron chi connectivity index (χ0n) is 18.7. The van der Waals surface area contributed by atoms with Crippen molar-refractivity contribution in [2.45, 2.75) is 30.6 Å². The third-order valence-corrected chi connectivity index (χ3v) is 8.13. The quantitative estimate of drug-likeness (QED) is 0.642. The standard InChI is InChI=1S/C24H30FN3O4S/c25-22-7-3-4-8-23(22)26-15-17-27(18-16-26)24(29)19-32-20-9-11-21(12-10-20)33(30,31)28-13-5-1-2-6-14-28/h3-4,7-12H,1-2,5-6,13-19H2. The van der Waals surface area contributed by atoms with Crippen molar-refractivity contribution in [1.29, 1.82) is 0 Å². The van der Waals surface area contributed by atoms with Crippen LogP contribution in [0.2, 0.25) is 0 Å². The van der Waals surface area contributed by atoms with Crippen molar-refractivity contribution in [2.75, 3.05) is 50.8 Å². The Balaban J connectivity index is 1.28. The number of carbonyl (C=O) groups excluding carboxylic acids is 1. The Morgan fingerprint density at radius 3 is 2.12 bits per heavy atom. The van der Waals surface area contributed by atoms with Crippen LogP contribution in [0.3, 0.4) is 0 Å². The largest absolute Gasteiger partial charge is 0.484 e. The first-order valence-electron chi connectivity index (χ1n) is 11.5. The number of sulfonamides is 1. The summed E-state index contributed by atoms with van der Waals surface area (Å²) in [6.07, 6.45) is 3.89. The lowest BCUT2D eigenvalue weighted by molar-refractivity contribution is -0.133. The molecule has 33 heavy (non-hydrogen) atoms. The third kappa shape index (κ3) is 5.65. The summed E-state index contributed by atoms with van der Waals surface area (Å²) in [4.78, 5) is 16.4. The lowest BCUT2D eigenvalue weighted by atomic mass is 10.2. The molecule has 2 aliphatic heterocycles. The zero-order valence-corrected chi connectivity index (χ0v) is 19.5. The molecule has 2 heterocycles. The number of carbonyl (C=O) groups is 1. The van der Waals surface area contributed by atoms with Gasteiger partial charge in [0.25, 0.3) is 5.91 Å². The average Bonchev–Trinajstić information content (AvgIpc) is 3.14. The van der Waals surface area contributed by atoms with E-state index in [1.54, 1.807) is 39.5 Å². The van der Waals surface area contributed by atoms with E-state index >= 15 is 0 Å². The maximum absolute atomic E-state index is 14.0. The van der Waals surface area contributed by atoms with Gasteiger partial charge < -0.3 is 14.5 Å². The first-order chi connectivity index (χ1) is 15.9. The van der Waals surface area contributed by atoms with Crippen LogP contribution in [0.25, 0.3) is 0 Å². The fourth-order valence-electron chi connectivity index (χ4n) is 4.28. The Bertz CT molecular complexity index is 1050. The molecular formula is C24H30FN3O4S. The second-order valence-corrected chi connectivity index (χ2v) is 10.3. The number of piperazine rings is 1. The fourth-order valence-corrected chi connectivity index (χ4v) is 5.80. The van der Waals surface area contributed by atoms with Crippen molar-refractivity contribution < 1.29 is 22.3 Å². The molecule has 0 saturated carbocycles. The Kier molecular flexibility index (Phi) is 7.49. The van der Waals surface area contributed by atoms with Crippen LogP contribution in [-0.2, 0) is 14.8 Å². The highest BCUT2D eigenvalue weighted by Gasteiger charge is 2.26. The van der Waals surface area contributed by atoms with E-state index in [9.17, 15) is 17.6 Å². The number of anilines is 1. The number of benzene rings is 2. The summed E-state index contributed by atoms with van der Waals surface area (Å²) in [5.74, 6) is 0.0366. The van der Waals surface area contributed by atoms with E-state index in [0.29, 0.717) is 50.7 Å². The maximum Gasteiger partial charge on any atom is 0.260 e. The highest BCUT2D eigenvalue weighted by atomic mass is 32.2. The third-order valence-electron chi connectivity index (χ3n) is 6.21. The minimum atomic E-state index is -3.51. The molecule has 0 aromatic heterocycles. The van der Waals surface area contributed by atoms with E-state index in [-0.39, 0.29) is 23.2 Å². The minimum Gasteiger partial charge on any atom is -0.484 e. The summed E-state index contributed by atoms with van der Waals surface area (Å²) in [6.45, 7) is 3.06. The summed E-state index contributed by atoms with van der Waals surface area (Å²) in [7, 11) is -3.51. The number of amides is 1. The molecule has 9 heteroatoms. The van der Waals surface area contributed by atoms with Gasteiger partial charge in [0.2, 0.25) is 10.0 Å². The van der Waals surface area contributed by atoms with Gasteiger partial charge in [0.1, 0.15) is 11.6 Å². The van der Waals surface area contributed by atoms with Crippen LogP contribution in [0.15, 0.2) is 53.4 Å². The molecule has 2 aromatic rings. The van der Waals surface area contributed by atoms with Gasteiger partial charge in [-0.05, 0) is 49.2 Å². The summed E-state index contributed by atoms with van der Waals surface area (Å²) in [6, 6.07) is 12.9. The Morgan fingerprint density at radius 1 is 0.848 bits per heavy atom. The Morgan fingerprint density at radius 2 is 1.48 bits per heavy atom. The molecule has 0 bridgehead atoms. The molecule has 0 aliphatic carbocycles. The molecule has 0 N–H and O–H groups in total. The molecule has 0 unspecified atom stereocenters. The van der Waals surface area contributed by atoms with Gasteiger partial charge in [-0.3, -0.25) is 4.79 Å². The monoisotopic (exact) mass is 475 g/mol. The van der Waals surface area contributed by atoms with Crippen LogP contribution in [0, 0.1) is 5.82 Å². The fraction of sp³-hybridized carbons (Fsp3) is 0.458. The van der Waals surface area contributed by atoms with Crippen molar-refractivity contribution >= 4 is 21.6 Å². The van der Waals surface area contributed by atoms with E-state index in [1.807, 2.05) is 4.90 Å². The van der Waals surface area contributed by atoms with Gasteiger partial charge >= 0.3 is 0 Å². The SMILES string of the molecule is O=C(COc1ccc(S(=O)(=O)N2CCCCCC2)cc1)N1CCN(c2ccccc2F)CC1. The number of para-hydroxylation sites is 1. The predicted molar refractivity (Wildman–Crippen MR) is 124 cm³/mol. The summed E-state index contributed by atoms with van der Waals surface area (Å²) in [5.41, 5.74) is 0.552. The second-order valence-electron chi connectivity index (χ2n) is 8.40. The number of ether oxygens (including phenoxy) is 1. The smallest absolute Gasteiger partial charge is 0.260 e. The van der Waals surface area contributed by atoms with Gasteiger partial charge in [-0.15, -0.1) is 0 Å². The second kappa shape index (κ2) is 10.5. The van der Waals surface area contributed by atoms with E-state index < -0.39 is 10.0 Å². The molecule has 4 rings (SSSR count). The van der Waals surface area contributed by atoms with E-state index in [1.165, 1.54) is 18.2 Å². The van der Waals surface area contributed by atoms with Crippen molar-refractivity contribution in [3.8, 4) is 5.75 Å². The summed E-state index contributed by atoms with van der Waals surface area (Å²) in [5, 5.41) is 0. The molecule has 7 nitrogen and oxygen atoms in total. The number of rotatable bonds is 6. The first-order valence-corrected chi connectivity index (χ1v) is 12.9. The van der Waals surface area contributed by atoms with Crippen LogP contribution in [-0.4, -0.2) is 69.4 Å². The van der Waals surface area contributed by atoms with Crippen molar-refractivity contribution in [1.82, 2.24) is 9.21 Å². The molecule has 2 saturated heterocycles. The Labute approximate surface area is 194 Å². The molecule has 0 radical (unpaired) electrons. The number of hydrogen-bond acceptors (Lipinski definition) is 5. The van der Waals surface area contributed by atoms with Crippen LogP contribution in [0.1, 0.15) is 25.7 Å². The molecule has 0 spiro atoms. The van der Waals surface area contributed by atoms with Crippen LogP contribution in [0.5, 0.6) is 5.75 Å². The van der Waals surface area contributed by atoms with Gasteiger partial charge in [0.05, 0.1) is 10.6 Å². The van der Waals surface area contributed by atoms with Gasteiger partial charge in [-0.25, -0.2) is 12.8 Å². The lowest BCUT2D eigenvalue weighted by Crippen LogP contribution is -2.50. The molecule has 2 aromatic carbocycles. The number of halogens is 1. The van der Waals surface area contributed by atoms with Crippen LogP contribution >= 0.6 is 0 Å². The van der Waals surface area contributed by atoms with Crippen LogP contribution < -0.4 is 9.64 Å². The van der Waals surface area contributed by atoms with Gasteiger partial charge in [-0.2, -0.15) is 4.31 Å². The molecule has 1 amide bonds. The predicted octanol–water partition coefficient (Wildman–Crippen LogP) is 3.12. The number of nitrogens with zero attached hydrogens (tertiary/aromatic N) is 3. The molecule has 2 aliphatic rings. The Hall–Kier alpha value is -2.65. The first kappa shape index (κ1) is 23.5. The van der Waals surface area contributed by atoms with Crippen LogP contribution in [0.4, 0.5) is 10.1 Å². The lowest BCUT2D eigenvalue weighted by Gasteiger charge is -2.36. The van der Waals surface area contributed by atoms with Gasteiger partial charge in [0, 0.05) is 39.3 Å². The molecular weight excluding hydrogens is 445 g/mol.